The quantitative estimate of drug-likeness (QED) is 0.801. The normalized spacial score (nSPS) is 31.9. The maximum Gasteiger partial charge on any atom is 0.228 e. The lowest BCUT2D eigenvalue weighted by molar-refractivity contribution is -0.147. The molecule has 3 saturated heterocycles. The Morgan fingerprint density at radius 3 is 2.55 bits per heavy atom. The summed E-state index contributed by atoms with van der Waals surface area (Å²) in [5.41, 5.74) is 7.37. The van der Waals surface area contributed by atoms with Gasteiger partial charge in [0.15, 0.2) is 0 Å². The summed E-state index contributed by atoms with van der Waals surface area (Å²) in [6.45, 7) is 8.61. The molecule has 7 heteroatoms. The predicted molar refractivity (Wildman–Crippen MR) is 109 cm³/mol. The van der Waals surface area contributed by atoms with Gasteiger partial charge in [0.1, 0.15) is 5.82 Å². The Bertz CT molecular complexity index is 700. The number of ether oxygens (including phenoxy) is 1. The number of nitrogens with one attached hydrogen (secondary N) is 2. The van der Waals surface area contributed by atoms with E-state index in [0.29, 0.717) is 32.1 Å². The molecule has 1 aromatic rings. The monoisotopic (exact) mass is 404 g/mol. The van der Waals surface area contributed by atoms with E-state index in [-0.39, 0.29) is 35.9 Å². The second-order valence-electron chi connectivity index (χ2n) is 8.86. The average Bonchev–Trinajstić information content (AvgIpc) is 3.19. The summed E-state index contributed by atoms with van der Waals surface area (Å²) in [6, 6.07) is 7.18. The van der Waals surface area contributed by atoms with Crippen molar-refractivity contribution in [1.82, 2.24) is 20.7 Å². The SMILES string of the molecule is CC1CN(C(=O)C2CNNC2C2CCN(Cc3ccccc3F)CC2)CC(C)O1. The minimum Gasteiger partial charge on any atom is -0.372 e. The number of nitrogens with zero attached hydrogens (tertiary/aromatic N) is 2. The predicted octanol–water partition coefficient (Wildman–Crippen LogP) is 1.77. The highest BCUT2D eigenvalue weighted by Gasteiger charge is 2.42. The molecule has 0 aromatic heterocycles. The second-order valence-corrected chi connectivity index (χ2v) is 8.86. The largest absolute Gasteiger partial charge is 0.372 e. The van der Waals surface area contributed by atoms with E-state index in [9.17, 15) is 9.18 Å². The van der Waals surface area contributed by atoms with Crippen LogP contribution in [0.15, 0.2) is 24.3 Å². The summed E-state index contributed by atoms with van der Waals surface area (Å²) >= 11 is 0. The van der Waals surface area contributed by atoms with E-state index in [1.165, 1.54) is 6.07 Å². The van der Waals surface area contributed by atoms with Gasteiger partial charge in [-0.2, -0.15) is 0 Å². The van der Waals surface area contributed by atoms with E-state index in [0.717, 1.165) is 31.5 Å². The second kappa shape index (κ2) is 9.08. The van der Waals surface area contributed by atoms with E-state index in [1.54, 1.807) is 6.07 Å². The first-order valence-corrected chi connectivity index (χ1v) is 10.9. The summed E-state index contributed by atoms with van der Waals surface area (Å²) in [7, 11) is 0. The zero-order valence-corrected chi connectivity index (χ0v) is 17.4. The van der Waals surface area contributed by atoms with Gasteiger partial charge in [-0.3, -0.25) is 20.5 Å². The van der Waals surface area contributed by atoms with Gasteiger partial charge in [-0.1, -0.05) is 18.2 Å². The Hall–Kier alpha value is -1.54. The van der Waals surface area contributed by atoms with Crippen LogP contribution in [0.1, 0.15) is 32.3 Å². The van der Waals surface area contributed by atoms with Gasteiger partial charge in [0.05, 0.1) is 18.1 Å². The summed E-state index contributed by atoms with van der Waals surface area (Å²) < 4.78 is 19.7. The molecule has 0 bridgehead atoms. The van der Waals surface area contributed by atoms with Crippen molar-refractivity contribution < 1.29 is 13.9 Å². The van der Waals surface area contributed by atoms with Crippen LogP contribution >= 0.6 is 0 Å². The van der Waals surface area contributed by atoms with E-state index < -0.39 is 0 Å². The first-order chi connectivity index (χ1) is 14.0. The Morgan fingerprint density at radius 1 is 1.17 bits per heavy atom. The lowest BCUT2D eigenvalue weighted by Gasteiger charge is -2.39. The van der Waals surface area contributed by atoms with Gasteiger partial charge in [-0.05, 0) is 51.8 Å². The maximum atomic E-state index is 13.9. The molecule has 6 nitrogen and oxygen atoms in total. The first kappa shape index (κ1) is 20.7. The van der Waals surface area contributed by atoms with Crippen molar-refractivity contribution in [2.75, 3.05) is 32.7 Å². The number of amides is 1. The zero-order chi connectivity index (χ0) is 20.4. The smallest absolute Gasteiger partial charge is 0.228 e. The van der Waals surface area contributed by atoms with Crippen LogP contribution in [0.4, 0.5) is 4.39 Å². The molecular formula is C22H33FN4O2. The topological polar surface area (TPSA) is 56.8 Å². The van der Waals surface area contributed by atoms with Gasteiger partial charge in [-0.15, -0.1) is 0 Å². The van der Waals surface area contributed by atoms with Gasteiger partial charge in [-0.25, -0.2) is 4.39 Å². The Morgan fingerprint density at radius 2 is 1.86 bits per heavy atom. The lowest BCUT2D eigenvalue weighted by atomic mass is 9.82. The van der Waals surface area contributed by atoms with Crippen LogP contribution in [0.2, 0.25) is 0 Å². The Kier molecular flexibility index (Phi) is 6.49. The molecule has 1 aromatic carbocycles. The van der Waals surface area contributed by atoms with Crippen LogP contribution in [0.25, 0.3) is 0 Å². The number of carbonyl (C=O) groups excluding carboxylic acids is 1. The number of rotatable bonds is 4. The fraction of sp³-hybridized carbons (Fsp3) is 0.682. The molecule has 0 spiro atoms. The molecular weight excluding hydrogens is 371 g/mol. The number of piperidine rings is 1. The molecule has 0 radical (unpaired) electrons. The molecule has 0 saturated carbocycles. The number of hydrogen-bond donors (Lipinski definition) is 2. The Balaban J connectivity index is 1.33. The number of morpholine rings is 1. The molecule has 3 aliphatic rings. The van der Waals surface area contributed by atoms with Gasteiger partial charge in [0.25, 0.3) is 0 Å². The van der Waals surface area contributed by atoms with Crippen molar-refractivity contribution in [3.63, 3.8) is 0 Å². The standard InChI is InChI=1S/C22H33FN4O2/c1-15-12-27(13-16(2)29-15)22(28)19-11-24-25-21(19)17-7-9-26(10-8-17)14-18-5-3-4-6-20(18)23/h3-6,15-17,19,21,24-25H,7-14H2,1-2H3. The van der Waals surface area contributed by atoms with Crippen LogP contribution in [0.5, 0.6) is 0 Å². The molecule has 4 unspecified atom stereocenters. The number of benzene rings is 1. The molecule has 1 amide bonds. The molecule has 160 valence electrons. The number of halogens is 1. The molecule has 3 aliphatic heterocycles. The fourth-order valence-corrected chi connectivity index (χ4v) is 5.13. The van der Waals surface area contributed by atoms with E-state index >= 15 is 0 Å². The number of carbonyl (C=O) groups is 1. The summed E-state index contributed by atoms with van der Waals surface area (Å²) in [4.78, 5) is 17.5. The van der Waals surface area contributed by atoms with Crippen LogP contribution in [-0.2, 0) is 16.1 Å². The third-order valence-electron chi connectivity index (χ3n) is 6.56. The lowest BCUT2D eigenvalue weighted by Crippen LogP contribution is -2.53. The molecule has 29 heavy (non-hydrogen) atoms. The molecule has 2 N–H and O–H groups in total. The zero-order valence-electron chi connectivity index (χ0n) is 17.4. The number of hydrogen-bond acceptors (Lipinski definition) is 5. The van der Waals surface area contributed by atoms with Crippen molar-refractivity contribution in [2.24, 2.45) is 11.8 Å². The first-order valence-electron chi connectivity index (χ1n) is 10.9. The van der Waals surface area contributed by atoms with Crippen LogP contribution in [-0.4, -0.2) is 66.7 Å². The van der Waals surface area contributed by atoms with Crippen molar-refractivity contribution >= 4 is 5.91 Å². The summed E-state index contributed by atoms with van der Waals surface area (Å²) in [5.74, 6) is 0.529. The average molecular weight is 405 g/mol. The van der Waals surface area contributed by atoms with Crippen LogP contribution < -0.4 is 10.9 Å². The summed E-state index contributed by atoms with van der Waals surface area (Å²) in [5, 5.41) is 0. The van der Waals surface area contributed by atoms with Crippen molar-refractivity contribution in [2.45, 2.75) is 51.5 Å². The summed E-state index contributed by atoms with van der Waals surface area (Å²) in [6.07, 6.45) is 2.22. The fourth-order valence-electron chi connectivity index (χ4n) is 5.13. The van der Waals surface area contributed by atoms with Crippen LogP contribution in [0.3, 0.4) is 0 Å². The minimum absolute atomic E-state index is 0.0318. The number of likely N-dealkylation sites (tertiary alicyclic amines) is 1. The molecule has 4 atom stereocenters. The Labute approximate surface area is 172 Å². The molecule has 3 heterocycles. The van der Waals surface area contributed by atoms with Crippen molar-refractivity contribution in [3.05, 3.63) is 35.6 Å². The van der Waals surface area contributed by atoms with E-state index in [2.05, 4.69) is 15.8 Å². The molecule has 0 aliphatic carbocycles. The minimum atomic E-state index is -0.129. The van der Waals surface area contributed by atoms with Crippen LogP contribution in [0, 0.1) is 17.7 Å². The maximum absolute atomic E-state index is 13.9. The van der Waals surface area contributed by atoms with Crippen molar-refractivity contribution in [3.8, 4) is 0 Å². The van der Waals surface area contributed by atoms with E-state index in [1.807, 2.05) is 30.9 Å². The highest BCUT2D eigenvalue weighted by Crippen LogP contribution is 2.29. The third-order valence-corrected chi connectivity index (χ3v) is 6.56. The molecule has 3 fully saturated rings. The van der Waals surface area contributed by atoms with Gasteiger partial charge >= 0.3 is 0 Å². The third kappa shape index (κ3) is 4.79. The van der Waals surface area contributed by atoms with E-state index in [4.69, 9.17) is 4.74 Å². The highest BCUT2D eigenvalue weighted by molar-refractivity contribution is 5.80. The highest BCUT2D eigenvalue weighted by atomic mass is 19.1. The molecule has 4 rings (SSSR count). The number of hydrazine groups is 1. The van der Waals surface area contributed by atoms with Crippen molar-refractivity contribution in [1.29, 1.82) is 0 Å². The van der Waals surface area contributed by atoms with Gasteiger partial charge < -0.3 is 9.64 Å². The van der Waals surface area contributed by atoms with Gasteiger partial charge in [0.2, 0.25) is 5.91 Å². The van der Waals surface area contributed by atoms with Gasteiger partial charge in [0, 0.05) is 37.8 Å².